The van der Waals surface area contributed by atoms with Crippen molar-refractivity contribution in [3.05, 3.63) is 35.4 Å². The number of hydrogen-bond acceptors (Lipinski definition) is 7. The lowest BCUT2D eigenvalue weighted by Gasteiger charge is -2.26. The van der Waals surface area contributed by atoms with Gasteiger partial charge in [-0.2, -0.15) is 5.10 Å². The SMILES string of the molecule is OC[C@H](O)c1cc2n(n1)CCCN(Cc1cnc(N3CCCCC3)nc1)C2. The topological polar surface area (TPSA) is 90.5 Å². The van der Waals surface area contributed by atoms with E-state index in [9.17, 15) is 5.11 Å². The molecule has 1 saturated heterocycles. The van der Waals surface area contributed by atoms with Gasteiger partial charge in [-0.15, -0.1) is 0 Å². The Morgan fingerprint density at radius 1 is 1.00 bits per heavy atom. The van der Waals surface area contributed by atoms with Gasteiger partial charge in [-0.1, -0.05) is 0 Å². The van der Waals surface area contributed by atoms with Crippen LogP contribution in [-0.4, -0.2) is 61.1 Å². The number of rotatable bonds is 5. The maximum Gasteiger partial charge on any atom is 0.225 e. The number of piperidine rings is 1. The van der Waals surface area contributed by atoms with Gasteiger partial charge in [0.15, 0.2) is 0 Å². The third-order valence-electron chi connectivity index (χ3n) is 5.36. The lowest BCUT2D eigenvalue weighted by atomic mass is 10.1. The van der Waals surface area contributed by atoms with Crippen LogP contribution in [-0.2, 0) is 19.6 Å². The van der Waals surface area contributed by atoms with Crippen molar-refractivity contribution in [1.82, 2.24) is 24.6 Å². The lowest BCUT2D eigenvalue weighted by molar-refractivity contribution is 0.0916. The Morgan fingerprint density at radius 3 is 2.52 bits per heavy atom. The highest BCUT2D eigenvalue weighted by Crippen LogP contribution is 2.20. The van der Waals surface area contributed by atoms with Crippen LogP contribution in [0.1, 0.15) is 48.7 Å². The van der Waals surface area contributed by atoms with Crippen molar-refractivity contribution in [3.63, 3.8) is 0 Å². The molecule has 0 unspecified atom stereocenters. The summed E-state index contributed by atoms with van der Waals surface area (Å²) < 4.78 is 1.95. The monoisotopic (exact) mass is 372 g/mol. The first-order valence-electron chi connectivity index (χ1n) is 9.86. The molecule has 2 aliphatic heterocycles. The number of aromatic nitrogens is 4. The number of aliphatic hydroxyl groups is 2. The van der Waals surface area contributed by atoms with Gasteiger partial charge < -0.3 is 15.1 Å². The summed E-state index contributed by atoms with van der Waals surface area (Å²) >= 11 is 0. The molecule has 146 valence electrons. The number of nitrogens with zero attached hydrogens (tertiary/aromatic N) is 6. The minimum atomic E-state index is -0.909. The predicted octanol–water partition coefficient (Wildman–Crippen LogP) is 1.09. The molecule has 8 heteroatoms. The molecule has 8 nitrogen and oxygen atoms in total. The number of anilines is 1. The van der Waals surface area contributed by atoms with Crippen molar-refractivity contribution in [1.29, 1.82) is 0 Å². The van der Waals surface area contributed by atoms with Crippen LogP contribution in [0, 0.1) is 0 Å². The van der Waals surface area contributed by atoms with E-state index < -0.39 is 6.10 Å². The second-order valence-electron chi connectivity index (χ2n) is 7.49. The van der Waals surface area contributed by atoms with E-state index in [0.717, 1.165) is 62.9 Å². The van der Waals surface area contributed by atoms with Gasteiger partial charge in [0.2, 0.25) is 5.95 Å². The molecule has 0 bridgehead atoms. The van der Waals surface area contributed by atoms with Crippen LogP contribution in [0.4, 0.5) is 5.95 Å². The molecular weight excluding hydrogens is 344 g/mol. The second-order valence-corrected chi connectivity index (χ2v) is 7.49. The number of aryl methyl sites for hydroxylation is 1. The Morgan fingerprint density at radius 2 is 1.78 bits per heavy atom. The molecule has 2 aromatic heterocycles. The fourth-order valence-electron chi connectivity index (χ4n) is 3.89. The summed E-state index contributed by atoms with van der Waals surface area (Å²) in [6, 6.07) is 1.90. The van der Waals surface area contributed by atoms with Crippen molar-refractivity contribution < 1.29 is 10.2 Å². The van der Waals surface area contributed by atoms with Crippen LogP contribution >= 0.6 is 0 Å². The summed E-state index contributed by atoms with van der Waals surface area (Å²) in [6.45, 7) is 5.17. The van der Waals surface area contributed by atoms with Crippen molar-refractivity contribution in [2.45, 2.75) is 51.4 Å². The van der Waals surface area contributed by atoms with Crippen LogP contribution in [0.25, 0.3) is 0 Å². The minimum absolute atomic E-state index is 0.305. The minimum Gasteiger partial charge on any atom is -0.393 e. The van der Waals surface area contributed by atoms with E-state index in [0.29, 0.717) is 5.69 Å². The third kappa shape index (κ3) is 4.28. The highest BCUT2D eigenvalue weighted by Gasteiger charge is 2.20. The van der Waals surface area contributed by atoms with Gasteiger partial charge in [-0.3, -0.25) is 9.58 Å². The van der Waals surface area contributed by atoms with Gasteiger partial charge in [0.05, 0.1) is 18.0 Å². The second kappa shape index (κ2) is 8.33. The zero-order valence-corrected chi connectivity index (χ0v) is 15.7. The van der Waals surface area contributed by atoms with Crippen LogP contribution in [0.3, 0.4) is 0 Å². The summed E-state index contributed by atoms with van der Waals surface area (Å²) in [6.07, 6.45) is 7.72. The number of fused-ring (bicyclic) bond motifs is 1. The van der Waals surface area contributed by atoms with Crippen molar-refractivity contribution in [2.24, 2.45) is 0 Å². The highest BCUT2D eigenvalue weighted by molar-refractivity contribution is 5.30. The fraction of sp³-hybridized carbons (Fsp3) is 0.632. The Balaban J connectivity index is 1.41. The molecule has 2 aliphatic rings. The molecular formula is C19H28N6O2. The molecule has 4 heterocycles. The molecule has 0 spiro atoms. The van der Waals surface area contributed by atoms with Crippen molar-refractivity contribution in [2.75, 3.05) is 31.1 Å². The van der Waals surface area contributed by atoms with Crippen LogP contribution in [0.2, 0.25) is 0 Å². The third-order valence-corrected chi connectivity index (χ3v) is 5.36. The normalized spacial score (nSPS) is 19.6. The fourth-order valence-corrected chi connectivity index (χ4v) is 3.89. The lowest BCUT2D eigenvalue weighted by Crippen LogP contribution is -2.31. The van der Waals surface area contributed by atoms with E-state index in [1.54, 1.807) is 0 Å². The number of hydrogen-bond donors (Lipinski definition) is 2. The first-order chi connectivity index (χ1) is 13.2. The summed E-state index contributed by atoms with van der Waals surface area (Å²) in [5, 5.41) is 23.4. The van der Waals surface area contributed by atoms with Gasteiger partial charge in [0, 0.05) is 57.2 Å². The molecule has 0 saturated carbocycles. The summed E-state index contributed by atoms with van der Waals surface area (Å²) in [5.41, 5.74) is 2.73. The Hall–Kier alpha value is -2.03. The van der Waals surface area contributed by atoms with Gasteiger partial charge in [0.1, 0.15) is 6.10 Å². The molecule has 27 heavy (non-hydrogen) atoms. The van der Waals surface area contributed by atoms with E-state index in [1.165, 1.54) is 19.3 Å². The Kier molecular flexibility index (Phi) is 5.66. The Bertz CT molecular complexity index is 741. The van der Waals surface area contributed by atoms with E-state index in [1.807, 2.05) is 23.1 Å². The van der Waals surface area contributed by atoms with E-state index >= 15 is 0 Å². The van der Waals surface area contributed by atoms with Gasteiger partial charge >= 0.3 is 0 Å². The zero-order chi connectivity index (χ0) is 18.6. The van der Waals surface area contributed by atoms with Crippen LogP contribution in [0.5, 0.6) is 0 Å². The zero-order valence-electron chi connectivity index (χ0n) is 15.7. The maximum absolute atomic E-state index is 9.82. The van der Waals surface area contributed by atoms with Gasteiger partial charge in [-0.05, 0) is 31.7 Å². The number of aliphatic hydroxyl groups excluding tert-OH is 2. The standard InChI is InChI=1S/C19H28N6O2/c26-14-18(27)17-9-16-13-23(5-4-8-25(16)22-17)12-15-10-20-19(21-11-15)24-6-2-1-3-7-24/h9-11,18,26-27H,1-8,12-14H2/t18-/m0/s1. The summed E-state index contributed by atoms with van der Waals surface area (Å²) in [4.78, 5) is 13.8. The average molecular weight is 372 g/mol. The Labute approximate surface area is 159 Å². The molecule has 4 rings (SSSR count). The molecule has 2 aromatic rings. The molecule has 0 amide bonds. The maximum atomic E-state index is 9.82. The molecule has 1 atom stereocenters. The van der Waals surface area contributed by atoms with Gasteiger partial charge in [0.25, 0.3) is 0 Å². The smallest absolute Gasteiger partial charge is 0.225 e. The molecule has 0 aromatic carbocycles. The molecule has 0 aliphatic carbocycles. The van der Waals surface area contributed by atoms with Crippen molar-refractivity contribution in [3.8, 4) is 0 Å². The first kappa shape index (κ1) is 18.3. The molecule has 1 fully saturated rings. The van der Waals surface area contributed by atoms with E-state index in [-0.39, 0.29) is 6.61 Å². The highest BCUT2D eigenvalue weighted by atomic mass is 16.3. The summed E-state index contributed by atoms with van der Waals surface area (Å²) in [7, 11) is 0. The molecule has 2 N–H and O–H groups in total. The van der Waals surface area contributed by atoms with Crippen LogP contribution in [0.15, 0.2) is 18.5 Å². The quantitative estimate of drug-likeness (QED) is 0.812. The van der Waals surface area contributed by atoms with E-state index in [4.69, 9.17) is 5.11 Å². The first-order valence-corrected chi connectivity index (χ1v) is 9.86. The largest absolute Gasteiger partial charge is 0.393 e. The summed E-state index contributed by atoms with van der Waals surface area (Å²) in [5.74, 6) is 0.843. The van der Waals surface area contributed by atoms with Crippen molar-refractivity contribution >= 4 is 5.95 Å². The average Bonchev–Trinajstić information content (AvgIpc) is 3.02. The predicted molar refractivity (Wildman–Crippen MR) is 101 cm³/mol. The van der Waals surface area contributed by atoms with Crippen LogP contribution < -0.4 is 4.90 Å². The molecule has 0 radical (unpaired) electrons. The van der Waals surface area contributed by atoms with E-state index in [2.05, 4.69) is 24.9 Å². The van der Waals surface area contributed by atoms with Gasteiger partial charge in [-0.25, -0.2) is 9.97 Å².